The highest BCUT2D eigenvalue weighted by molar-refractivity contribution is 7.98. The van der Waals surface area contributed by atoms with Crippen molar-refractivity contribution in [2.45, 2.75) is 12.2 Å². The van der Waals surface area contributed by atoms with E-state index >= 15 is 0 Å². The molecule has 0 saturated carbocycles. The first-order valence-corrected chi connectivity index (χ1v) is 6.39. The van der Waals surface area contributed by atoms with Crippen molar-refractivity contribution in [3.05, 3.63) is 29.5 Å². The summed E-state index contributed by atoms with van der Waals surface area (Å²) in [5.41, 5.74) is 10.0. The molecule has 0 spiro atoms. The number of hydrogen-bond acceptors (Lipinski definition) is 4. The van der Waals surface area contributed by atoms with Crippen molar-refractivity contribution in [2.75, 3.05) is 11.5 Å². The number of thioether (sulfide) groups is 1. The zero-order valence-corrected chi connectivity index (χ0v) is 9.55. The molecule has 4 heteroatoms. The van der Waals surface area contributed by atoms with Crippen LogP contribution in [0.4, 0.5) is 5.69 Å². The van der Waals surface area contributed by atoms with Crippen LogP contribution >= 0.6 is 11.8 Å². The number of aromatic hydroxyl groups is 1. The minimum absolute atomic E-state index is 0.240. The van der Waals surface area contributed by atoms with E-state index in [0.29, 0.717) is 0 Å². The van der Waals surface area contributed by atoms with Gasteiger partial charge in [-0.1, -0.05) is 0 Å². The van der Waals surface area contributed by atoms with E-state index in [1.54, 1.807) is 12.1 Å². The zero-order valence-electron chi connectivity index (χ0n) is 8.73. The summed E-state index contributed by atoms with van der Waals surface area (Å²) in [5, 5.41) is 10.4. The maximum Gasteiger partial charge on any atom is 0.117 e. The molecule has 0 aliphatic carbocycles. The molecule has 1 aromatic heterocycles. The lowest BCUT2D eigenvalue weighted by Gasteiger charge is -2.18. The number of nitrogens with two attached hydrogens (primary N) is 1. The van der Waals surface area contributed by atoms with Crippen LogP contribution in [0.1, 0.15) is 11.3 Å². The molecule has 0 amide bonds. The molecule has 0 unspecified atom stereocenters. The van der Waals surface area contributed by atoms with Crippen LogP contribution in [0.5, 0.6) is 5.75 Å². The van der Waals surface area contributed by atoms with Gasteiger partial charge in [0, 0.05) is 34.2 Å². The van der Waals surface area contributed by atoms with Gasteiger partial charge in [0.2, 0.25) is 0 Å². The molecule has 2 aromatic rings. The highest BCUT2D eigenvalue weighted by atomic mass is 32.2. The molecule has 1 aliphatic rings. The van der Waals surface area contributed by atoms with Gasteiger partial charge in [-0.25, -0.2) is 0 Å². The first kappa shape index (κ1) is 9.78. The predicted octanol–water partition coefficient (Wildman–Crippen LogP) is 2.31. The second-order valence-electron chi connectivity index (χ2n) is 3.95. The number of pyridine rings is 1. The number of rotatable bonds is 0. The Morgan fingerprint density at radius 2 is 2.25 bits per heavy atom. The van der Waals surface area contributed by atoms with Gasteiger partial charge in [0.15, 0.2) is 0 Å². The third-order valence-electron chi connectivity index (χ3n) is 2.93. The van der Waals surface area contributed by atoms with E-state index in [2.05, 4.69) is 4.98 Å². The average Bonchev–Trinajstić information content (AvgIpc) is 2.29. The summed E-state index contributed by atoms with van der Waals surface area (Å²) in [4.78, 5) is 4.58. The summed E-state index contributed by atoms with van der Waals surface area (Å²) in [6, 6.07) is 5.17. The average molecular weight is 232 g/mol. The lowest BCUT2D eigenvalue weighted by Crippen LogP contribution is -2.09. The molecule has 3 N–H and O–H groups in total. The molecule has 3 rings (SSSR count). The van der Waals surface area contributed by atoms with Crippen LogP contribution in [0, 0.1) is 0 Å². The minimum atomic E-state index is 0.240. The Balaban J connectivity index is 2.34. The van der Waals surface area contributed by atoms with E-state index in [9.17, 15) is 5.11 Å². The number of nitrogen functional groups attached to an aromatic ring is 1. The lowest BCUT2D eigenvalue weighted by atomic mass is 10.1. The van der Waals surface area contributed by atoms with E-state index < -0.39 is 0 Å². The standard InChI is InChI=1S/C12H12N2OS/c13-12-8-2-1-7(15)5-11(8)14-10-3-4-16-6-9(10)12/h1-2,5,15H,3-4,6H2,(H2,13,14). The number of benzene rings is 1. The molecule has 1 aliphatic heterocycles. The number of nitrogens with zero attached hydrogens (tertiary/aromatic N) is 1. The minimum Gasteiger partial charge on any atom is -0.508 e. The van der Waals surface area contributed by atoms with Crippen molar-refractivity contribution in [1.29, 1.82) is 0 Å². The maximum absolute atomic E-state index is 9.44. The quantitative estimate of drug-likeness (QED) is 0.731. The second kappa shape index (κ2) is 3.56. The van der Waals surface area contributed by atoms with Crippen LogP contribution in [-0.2, 0) is 12.2 Å². The van der Waals surface area contributed by atoms with Gasteiger partial charge in [0.25, 0.3) is 0 Å². The van der Waals surface area contributed by atoms with Crippen LogP contribution in [0.2, 0.25) is 0 Å². The molecule has 2 heterocycles. The largest absolute Gasteiger partial charge is 0.508 e. The van der Waals surface area contributed by atoms with Gasteiger partial charge in [-0.2, -0.15) is 11.8 Å². The van der Waals surface area contributed by atoms with Gasteiger partial charge in [-0.3, -0.25) is 4.98 Å². The van der Waals surface area contributed by atoms with Crippen molar-refractivity contribution in [3.63, 3.8) is 0 Å². The SMILES string of the molecule is Nc1c2c(nc3cc(O)ccc13)CCSC2. The molecular formula is C12H12N2OS. The van der Waals surface area contributed by atoms with E-state index in [-0.39, 0.29) is 5.75 Å². The molecule has 0 radical (unpaired) electrons. The fraction of sp³-hybridized carbons (Fsp3) is 0.250. The zero-order chi connectivity index (χ0) is 11.1. The fourth-order valence-corrected chi connectivity index (χ4v) is 3.09. The number of hydrogen-bond donors (Lipinski definition) is 2. The summed E-state index contributed by atoms with van der Waals surface area (Å²) in [5.74, 6) is 2.29. The molecule has 16 heavy (non-hydrogen) atoms. The highest BCUT2D eigenvalue weighted by Gasteiger charge is 2.16. The predicted molar refractivity (Wildman–Crippen MR) is 67.7 cm³/mol. The van der Waals surface area contributed by atoms with Gasteiger partial charge in [0.1, 0.15) is 5.75 Å². The summed E-state index contributed by atoms with van der Waals surface area (Å²) >= 11 is 1.89. The number of aryl methyl sites for hydroxylation is 1. The number of phenols is 1. The van der Waals surface area contributed by atoms with Crippen LogP contribution in [0.3, 0.4) is 0 Å². The van der Waals surface area contributed by atoms with Crippen molar-refractivity contribution in [1.82, 2.24) is 4.98 Å². The molecule has 0 bridgehead atoms. The van der Waals surface area contributed by atoms with Gasteiger partial charge in [-0.15, -0.1) is 0 Å². The second-order valence-corrected chi connectivity index (χ2v) is 5.06. The van der Waals surface area contributed by atoms with Gasteiger partial charge in [-0.05, 0) is 24.3 Å². The van der Waals surface area contributed by atoms with Crippen LogP contribution in [0.25, 0.3) is 10.9 Å². The monoisotopic (exact) mass is 232 g/mol. The maximum atomic E-state index is 9.44. The molecule has 0 saturated heterocycles. The molecule has 0 fully saturated rings. The lowest BCUT2D eigenvalue weighted by molar-refractivity contribution is 0.476. The molecular weight excluding hydrogens is 220 g/mol. The smallest absolute Gasteiger partial charge is 0.117 e. The molecule has 82 valence electrons. The summed E-state index contributed by atoms with van der Waals surface area (Å²) in [6.07, 6.45) is 0.968. The van der Waals surface area contributed by atoms with Crippen molar-refractivity contribution in [2.24, 2.45) is 0 Å². The van der Waals surface area contributed by atoms with Crippen LogP contribution < -0.4 is 5.73 Å². The highest BCUT2D eigenvalue weighted by Crippen LogP contribution is 2.33. The first-order chi connectivity index (χ1) is 7.75. The number of phenolic OH excluding ortho intramolecular Hbond substituents is 1. The van der Waals surface area contributed by atoms with Crippen LogP contribution in [0.15, 0.2) is 18.2 Å². The Morgan fingerprint density at radius 3 is 3.12 bits per heavy atom. The van der Waals surface area contributed by atoms with E-state index in [1.807, 2.05) is 17.8 Å². The van der Waals surface area contributed by atoms with Crippen molar-refractivity contribution < 1.29 is 5.11 Å². The number of fused-ring (bicyclic) bond motifs is 2. The summed E-state index contributed by atoms with van der Waals surface area (Å²) in [6.45, 7) is 0. The Hall–Kier alpha value is -1.42. The topological polar surface area (TPSA) is 59.1 Å². The fourth-order valence-electron chi connectivity index (χ4n) is 2.08. The van der Waals surface area contributed by atoms with E-state index in [0.717, 1.165) is 40.2 Å². The normalized spacial score (nSPS) is 15.0. The van der Waals surface area contributed by atoms with E-state index in [4.69, 9.17) is 5.73 Å². The van der Waals surface area contributed by atoms with Gasteiger partial charge >= 0.3 is 0 Å². The van der Waals surface area contributed by atoms with Crippen molar-refractivity contribution in [3.8, 4) is 5.75 Å². The molecule has 0 atom stereocenters. The van der Waals surface area contributed by atoms with Crippen molar-refractivity contribution >= 4 is 28.4 Å². The third kappa shape index (κ3) is 1.41. The van der Waals surface area contributed by atoms with Gasteiger partial charge in [0.05, 0.1) is 5.52 Å². The number of anilines is 1. The third-order valence-corrected chi connectivity index (χ3v) is 3.92. The Morgan fingerprint density at radius 1 is 1.38 bits per heavy atom. The number of aromatic nitrogens is 1. The Labute approximate surface area is 97.7 Å². The van der Waals surface area contributed by atoms with Crippen LogP contribution in [-0.4, -0.2) is 15.8 Å². The van der Waals surface area contributed by atoms with Gasteiger partial charge < -0.3 is 10.8 Å². The summed E-state index contributed by atoms with van der Waals surface area (Å²) in [7, 11) is 0. The summed E-state index contributed by atoms with van der Waals surface area (Å²) < 4.78 is 0. The Kier molecular flexibility index (Phi) is 2.17. The molecule has 1 aromatic carbocycles. The Bertz CT molecular complexity index is 568. The first-order valence-electron chi connectivity index (χ1n) is 5.23. The molecule has 3 nitrogen and oxygen atoms in total. The van der Waals surface area contributed by atoms with E-state index in [1.165, 1.54) is 5.56 Å².